The van der Waals surface area contributed by atoms with Crippen molar-refractivity contribution >= 4 is 12.4 Å². The van der Waals surface area contributed by atoms with Crippen molar-refractivity contribution in [2.75, 3.05) is 6.61 Å². The number of pyridine rings is 1. The third kappa shape index (κ3) is 5.28. The molecule has 1 aromatic heterocycles. The van der Waals surface area contributed by atoms with E-state index in [1.807, 2.05) is 43.5 Å². The number of aromatic nitrogens is 1. The quantitative estimate of drug-likeness (QED) is 0.881. The molecule has 1 heterocycles. The average Bonchev–Trinajstić information content (AvgIpc) is 2.42. The molecule has 0 unspecified atom stereocenters. The van der Waals surface area contributed by atoms with E-state index in [0.717, 1.165) is 24.5 Å². The zero-order chi connectivity index (χ0) is 12.6. The molecule has 1 aromatic carbocycles. The molecule has 1 N–H and O–H groups in total. The van der Waals surface area contributed by atoms with Crippen LogP contribution in [0.2, 0.25) is 0 Å². The molecule has 19 heavy (non-hydrogen) atoms. The van der Waals surface area contributed by atoms with Gasteiger partial charge in [0.1, 0.15) is 5.75 Å². The van der Waals surface area contributed by atoms with Gasteiger partial charge >= 0.3 is 0 Å². The second-order valence-corrected chi connectivity index (χ2v) is 4.00. The van der Waals surface area contributed by atoms with Gasteiger partial charge in [-0.05, 0) is 36.8 Å². The number of ether oxygens (including phenoxy) is 1. The molecule has 2 rings (SSSR count). The van der Waals surface area contributed by atoms with Gasteiger partial charge in [0.25, 0.3) is 0 Å². The Morgan fingerprint density at radius 3 is 2.47 bits per heavy atom. The van der Waals surface area contributed by atoms with E-state index in [2.05, 4.69) is 22.4 Å². The third-order valence-electron chi connectivity index (χ3n) is 2.60. The number of halogens is 1. The first kappa shape index (κ1) is 15.5. The van der Waals surface area contributed by atoms with E-state index in [4.69, 9.17) is 4.74 Å². The van der Waals surface area contributed by atoms with Crippen molar-refractivity contribution in [1.82, 2.24) is 10.3 Å². The van der Waals surface area contributed by atoms with Gasteiger partial charge in [-0.3, -0.25) is 4.98 Å². The first-order chi connectivity index (χ1) is 8.88. The van der Waals surface area contributed by atoms with E-state index in [0.29, 0.717) is 6.61 Å². The fraction of sp³-hybridized carbons (Fsp3) is 0.267. The monoisotopic (exact) mass is 278 g/mol. The van der Waals surface area contributed by atoms with Crippen LogP contribution in [0.3, 0.4) is 0 Å². The van der Waals surface area contributed by atoms with Crippen LogP contribution >= 0.6 is 12.4 Å². The summed E-state index contributed by atoms with van der Waals surface area (Å²) < 4.78 is 5.40. The molecule has 0 aliphatic heterocycles. The van der Waals surface area contributed by atoms with E-state index in [-0.39, 0.29) is 12.4 Å². The summed E-state index contributed by atoms with van der Waals surface area (Å²) in [6.45, 7) is 4.32. The fourth-order valence-electron chi connectivity index (χ4n) is 1.71. The Kier molecular flexibility index (Phi) is 6.93. The highest BCUT2D eigenvalue weighted by Gasteiger charge is 1.96. The highest BCUT2D eigenvalue weighted by molar-refractivity contribution is 5.85. The van der Waals surface area contributed by atoms with E-state index in [9.17, 15) is 0 Å². The lowest BCUT2D eigenvalue weighted by atomic mass is 10.2. The highest BCUT2D eigenvalue weighted by atomic mass is 35.5. The molecule has 0 saturated heterocycles. The predicted octanol–water partition coefficient (Wildman–Crippen LogP) is 3.19. The van der Waals surface area contributed by atoms with Crippen LogP contribution in [0.1, 0.15) is 18.2 Å². The summed E-state index contributed by atoms with van der Waals surface area (Å²) in [6.07, 6.45) is 1.81. The molecule has 3 nitrogen and oxygen atoms in total. The largest absolute Gasteiger partial charge is 0.494 e. The third-order valence-corrected chi connectivity index (χ3v) is 2.60. The zero-order valence-electron chi connectivity index (χ0n) is 11.0. The lowest BCUT2D eigenvalue weighted by Gasteiger charge is -2.06. The van der Waals surface area contributed by atoms with Crippen molar-refractivity contribution in [2.45, 2.75) is 20.0 Å². The zero-order valence-corrected chi connectivity index (χ0v) is 11.8. The molecule has 0 bridgehead atoms. The number of nitrogens with zero attached hydrogens (tertiary/aromatic N) is 1. The van der Waals surface area contributed by atoms with Gasteiger partial charge in [-0.2, -0.15) is 0 Å². The Morgan fingerprint density at radius 1 is 1.05 bits per heavy atom. The van der Waals surface area contributed by atoms with E-state index in [1.165, 1.54) is 5.56 Å². The standard InChI is InChI=1S/C15H18N2O.ClH/c1-2-18-15-8-6-13(7-9-15)11-16-12-14-5-3-4-10-17-14;/h3-10,16H,2,11-12H2,1H3;1H. The Hall–Kier alpha value is -1.58. The Labute approximate surface area is 120 Å². The van der Waals surface area contributed by atoms with E-state index >= 15 is 0 Å². The van der Waals surface area contributed by atoms with Crippen molar-refractivity contribution < 1.29 is 4.74 Å². The fourth-order valence-corrected chi connectivity index (χ4v) is 1.71. The van der Waals surface area contributed by atoms with Gasteiger partial charge in [0.2, 0.25) is 0 Å². The summed E-state index contributed by atoms with van der Waals surface area (Å²) in [5, 5.41) is 3.37. The number of rotatable bonds is 6. The smallest absolute Gasteiger partial charge is 0.119 e. The van der Waals surface area contributed by atoms with Gasteiger partial charge in [0.05, 0.1) is 12.3 Å². The summed E-state index contributed by atoms with van der Waals surface area (Å²) in [5.41, 5.74) is 2.30. The normalized spacial score (nSPS) is 9.74. The molecule has 0 atom stereocenters. The van der Waals surface area contributed by atoms with Crippen LogP contribution in [0, 0.1) is 0 Å². The summed E-state index contributed by atoms with van der Waals surface area (Å²) in [4.78, 5) is 4.27. The maximum absolute atomic E-state index is 5.40. The molecule has 4 heteroatoms. The van der Waals surface area contributed by atoms with Crippen molar-refractivity contribution in [3.8, 4) is 5.75 Å². The molecule has 0 saturated carbocycles. The molecule has 2 aromatic rings. The predicted molar refractivity (Wildman–Crippen MR) is 79.6 cm³/mol. The molecule has 0 aliphatic rings. The molecule has 0 aliphatic carbocycles. The molecule has 102 valence electrons. The lowest BCUT2D eigenvalue weighted by molar-refractivity contribution is 0.340. The molecule has 0 amide bonds. The van der Waals surface area contributed by atoms with Gasteiger partial charge < -0.3 is 10.1 Å². The minimum Gasteiger partial charge on any atom is -0.494 e. The molecule has 0 fully saturated rings. The van der Waals surface area contributed by atoms with Crippen LogP contribution in [0.15, 0.2) is 48.7 Å². The number of hydrogen-bond acceptors (Lipinski definition) is 3. The molecular formula is C15H19ClN2O. The van der Waals surface area contributed by atoms with Crippen molar-refractivity contribution in [3.05, 3.63) is 59.9 Å². The highest BCUT2D eigenvalue weighted by Crippen LogP contribution is 2.11. The second-order valence-electron chi connectivity index (χ2n) is 4.00. The summed E-state index contributed by atoms with van der Waals surface area (Å²) in [5.74, 6) is 0.922. The summed E-state index contributed by atoms with van der Waals surface area (Å²) in [7, 11) is 0. The van der Waals surface area contributed by atoms with E-state index < -0.39 is 0 Å². The van der Waals surface area contributed by atoms with Crippen LogP contribution in [0.25, 0.3) is 0 Å². The van der Waals surface area contributed by atoms with Gasteiger partial charge in [-0.25, -0.2) is 0 Å². The topological polar surface area (TPSA) is 34.1 Å². The van der Waals surface area contributed by atoms with Crippen molar-refractivity contribution in [2.24, 2.45) is 0 Å². The number of nitrogens with one attached hydrogen (secondary N) is 1. The van der Waals surface area contributed by atoms with Crippen LogP contribution < -0.4 is 10.1 Å². The van der Waals surface area contributed by atoms with Crippen LogP contribution in [0.5, 0.6) is 5.75 Å². The van der Waals surface area contributed by atoms with Gasteiger partial charge in [-0.15, -0.1) is 12.4 Å². The molecule has 0 spiro atoms. The first-order valence-corrected chi connectivity index (χ1v) is 6.21. The summed E-state index contributed by atoms with van der Waals surface area (Å²) >= 11 is 0. The van der Waals surface area contributed by atoms with Crippen LogP contribution in [-0.2, 0) is 13.1 Å². The van der Waals surface area contributed by atoms with Gasteiger partial charge in [0, 0.05) is 19.3 Å². The number of hydrogen-bond donors (Lipinski definition) is 1. The first-order valence-electron chi connectivity index (χ1n) is 6.21. The van der Waals surface area contributed by atoms with E-state index in [1.54, 1.807) is 0 Å². The number of benzene rings is 1. The second kappa shape index (κ2) is 8.51. The molecule has 0 radical (unpaired) electrons. The minimum atomic E-state index is 0. The van der Waals surface area contributed by atoms with Gasteiger partial charge in [-0.1, -0.05) is 18.2 Å². The lowest BCUT2D eigenvalue weighted by Crippen LogP contribution is -2.13. The van der Waals surface area contributed by atoms with Gasteiger partial charge in [0.15, 0.2) is 0 Å². The summed E-state index contributed by atoms with van der Waals surface area (Å²) in [6, 6.07) is 14.1. The SMILES string of the molecule is CCOc1ccc(CNCc2ccccn2)cc1.Cl. The molecular weight excluding hydrogens is 260 g/mol. The van der Waals surface area contributed by atoms with Crippen molar-refractivity contribution in [3.63, 3.8) is 0 Å². The van der Waals surface area contributed by atoms with Crippen LogP contribution in [-0.4, -0.2) is 11.6 Å². The Bertz CT molecular complexity index is 459. The average molecular weight is 279 g/mol. The Morgan fingerprint density at radius 2 is 1.84 bits per heavy atom. The Balaban J connectivity index is 0.00000180. The van der Waals surface area contributed by atoms with Crippen LogP contribution in [0.4, 0.5) is 0 Å². The minimum absolute atomic E-state index is 0. The maximum atomic E-state index is 5.40. The van der Waals surface area contributed by atoms with Crippen molar-refractivity contribution in [1.29, 1.82) is 0 Å². The maximum Gasteiger partial charge on any atom is 0.119 e.